The summed E-state index contributed by atoms with van der Waals surface area (Å²) in [6.07, 6.45) is 3.04. The molecule has 1 saturated heterocycles. The van der Waals surface area contributed by atoms with E-state index in [1.807, 2.05) is 0 Å². The van der Waals surface area contributed by atoms with Gasteiger partial charge in [-0.15, -0.1) is 0 Å². The Labute approximate surface area is 110 Å². The lowest BCUT2D eigenvalue weighted by molar-refractivity contribution is 0.0670. The number of piperidine rings is 1. The Morgan fingerprint density at radius 3 is 3.05 bits per heavy atom. The standard InChI is InChI=1S/C9H16N6O3S/c10-19(17,18)12-4-7-2-1-3-15(6-7)9(16)8-5-11-14-13-8/h5,7,12H,1-4,6H2,(H2,10,17,18)(H,11,13,14). The smallest absolute Gasteiger partial charge is 0.276 e. The van der Waals surface area contributed by atoms with Crippen molar-refractivity contribution in [2.75, 3.05) is 19.6 Å². The van der Waals surface area contributed by atoms with Crippen molar-refractivity contribution in [3.05, 3.63) is 11.9 Å². The van der Waals surface area contributed by atoms with Crippen molar-refractivity contribution in [2.45, 2.75) is 12.8 Å². The second-order valence-corrected chi connectivity index (χ2v) is 5.89. The number of carbonyl (C=O) groups is 1. The Morgan fingerprint density at radius 2 is 2.42 bits per heavy atom. The van der Waals surface area contributed by atoms with Gasteiger partial charge in [-0.3, -0.25) is 4.79 Å². The Morgan fingerprint density at radius 1 is 1.63 bits per heavy atom. The lowest BCUT2D eigenvalue weighted by Crippen LogP contribution is -2.44. The van der Waals surface area contributed by atoms with Crippen LogP contribution in [0, 0.1) is 5.92 Å². The number of carbonyl (C=O) groups excluding carboxylic acids is 1. The van der Waals surface area contributed by atoms with E-state index in [-0.39, 0.29) is 24.1 Å². The minimum atomic E-state index is -3.69. The minimum Gasteiger partial charge on any atom is -0.337 e. The van der Waals surface area contributed by atoms with Crippen LogP contribution in [0.15, 0.2) is 6.20 Å². The molecule has 2 heterocycles. The number of hydrogen-bond acceptors (Lipinski definition) is 5. The fourth-order valence-corrected chi connectivity index (χ4v) is 2.58. The van der Waals surface area contributed by atoms with Gasteiger partial charge in [0.15, 0.2) is 5.69 Å². The number of hydrogen-bond donors (Lipinski definition) is 3. The van der Waals surface area contributed by atoms with Crippen LogP contribution in [0.5, 0.6) is 0 Å². The van der Waals surface area contributed by atoms with Gasteiger partial charge in [0, 0.05) is 19.6 Å². The summed E-state index contributed by atoms with van der Waals surface area (Å²) >= 11 is 0. The zero-order valence-electron chi connectivity index (χ0n) is 10.2. The maximum Gasteiger partial charge on any atom is 0.276 e. The van der Waals surface area contributed by atoms with Crippen LogP contribution >= 0.6 is 0 Å². The highest BCUT2D eigenvalue weighted by molar-refractivity contribution is 7.87. The summed E-state index contributed by atoms with van der Waals surface area (Å²) in [7, 11) is -3.69. The third-order valence-corrected chi connectivity index (χ3v) is 3.58. The average molecular weight is 288 g/mol. The third kappa shape index (κ3) is 3.98. The van der Waals surface area contributed by atoms with E-state index in [2.05, 4.69) is 20.1 Å². The molecule has 1 aromatic heterocycles. The maximum absolute atomic E-state index is 12.0. The molecule has 4 N–H and O–H groups in total. The first-order chi connectivity index (χ1) is 8.96. The van der Waals surface area contributed by atoms with Gasteiger partial charge >= 0.3 is 0 Å². The van der Waals surface area contributed by atoms with Crippen molar-refractivity contribution in [1.29, 1.82) is 0 Å². The number of aromatic nitrogens is 3. The summed E-state index contributed by atoms with van der Waals surface area (Å²) in [6.45, 7) is 1.35. The molecule has 0 bridgehead atoms. The van der Waals surface area contributed by atoms with Gasteiger partial charge in [-0.25, -0.2) is 9.86 Å². The monoisotopic (exact) mass is 288 g/mol. The molecule has 2 rings (SSSR count). The Balaban J connectivity index is 1.92. The quantitative estimate of drug-likeness (QED) is 0.616. The van der Waals surface area contributed by atoms with Crippen molar-refractivity contribution in [1.82, 2.24) is 25.0 Å². The minimum absolute atomic E-state index is 0.0583. The van der Waals surface area contributed by atoms with Crippen molar-refractivity contribution >= 4 is 16.1 Å². The number of nitrogens with zero attached hydrogens (tertiary/aromatic N) is 3. The molecule has 10 heteroatoms. The van der Waals surface area contributed by atoms with Crippen LogP contribution in [-0.2, 0) is 10.2 Å². The molecule has 1 aliphatic rings. The first-order valence-electron chi connectivity index (χ1n) is 5.88. The van der Waals surface area contributed by atoms with Gasteiger partial charge < -0.3 is 4.90 Å². The van der Waals surface area contributed by atoms with Crippen LogP contribution < -0.4 is 9.86 Å². The summed E-state index contributed by atoms with van der Waals surface area (Å²) in [5.41, 5.74) is 0.264. The van der Waals surface area contributed by atoms with E-state index >= 15 is 0 Å². The van der Waals surface area contributed by atoms with Crippen molar-refractivity contribution in [2.24, 2.45) is 11.1 Å². The van der Waals surface area contributed by atoms with Crippen molar-refractivity contribution in [3.63, 3.8) is 0 Å². The summed E-state index contributed by atoms with van der Waals surface area (Å²) in [5.74, 6) is -0.142. The zero-order valence-corrected chi connectivity index (χ0v) is 11.1. The third-order valence-electron chi connectivity index (χ3n) is 3.01. The second kappa shape index (κ2) is 5.63. The number of H-pyrrole nitrogens is 1. The fourth-order valence-electron chi connectivity index (χ4n) is 2.12. The lowest BCUT2D eigenvalue weighted by Gasteiger charge is -2.32. The number of nitrogens with two attached hydrogens (primary N) is 1. The second-order valence-electron chi connectivity index (χ2n) is 4.51. The molecule has 9 nitrogen and oxygen atoms in total. The molecule has 1 atom stereocenters. The zero-order chi connectivity index (χ0) is 13.9. The highest BCUT2D eigenvalue weighted by Crippen LogP contribution is 2.17. The summed E-state index contributed by atoms with van der Waals surface area (Å²) in [5, 5.41) is 14.6. The lowest BCUT2D eigenvalue weighted by atomic mass is 9.98. The molecule has 19 heavy (non-hydrogen) atoms. The maximum atomic E-state index is 12.0. The van der Waals surface area contributed by atoms with E-state index in [0.29, 0.717) is 13.1 Å². The van der Waals surface area contributed by atoms with Crippen LogP contribution in [0.25, 0.3) is 0 Å². The summed E-state index contributed by atoms with van der Waals surface area (Å²) in [4.78, 5) is 13.7. The molecular weight excluding hydrogens is 272 g/mol. The van der Waals surface area contributed by atoms with E-state index in [9.17, 15) is 13.2 Å². The van der Waals surface area contributed by atoms with Crippen LogP contribution in [0.4, 0.5) is 0 Å². The predicted octanol–water partition coefficient (Wildman–Crippen LogP) is -1.55. The summed E-state index contributed by atoms with van der Waals surface area (Å²) < 4.78 is 23.9. The van der Waals surface area contributed by atoms with E-state index < -0.39 is 10.2 Å². The van der Waals surface area contributed by atoms with Crippen LogP contribution in [0.1, 0.15) is 23.3 Å². The molecule has 0 saturated carbocycles. The van der Waals surface area contributed by atoms with Gasteiger partial charge in [-0.1, -0.05) is 0 Å². The summed E-state index contributed by atoms with van der Waals surface area (Å²) in [6, 6.07) is 0. The van der Waals surface area contributed by atoms with Crippen molar-refractivity contribution < 1.29 is 13.2 Å². The number of amides is 1. The Bertz CT molecular complexity index is 528. The van der Waals surface area contributed by atoms with Gasteiger partial charge in [-0.05, 0) is 18.8 Å². The number of rotatable bonds is 4. The molecule has 1 amide bonds. The van der Waals surface area contributed by atoms with Crippen LogP contribution in [0.2, 0.25) is 0 Å². The normalized spacial score (nSPS) is 20.5. The Kier molecular flexibility index (Phi) is 4.12. The molecule has 1 fully saturated rings. The fraction of sp³-hybridized carbons (Fsp3) is 0.667. The molecule has 0 spiro atoms. The highest BCUT2D eigenvalue weighted by atomic mass is 32.2. The molecule has 106 valence electrons. The highest BCUT2D eigenvalue weighted by Gasteiger charge is 2.26. The molecule has 0 aromatic carbocycles. The first-order valence-corrected chi connectivity index (χ1v) is 7.43. The number of aromatic amines is 1. The predicted molar refractivity (Wildman–Crippen MR) is 66.1 cm³/mol. The topological polar surface area (TPSA) is 134 Å². The molecule has 1 unspecified atom stereocenters. The largest absolute Gasteiger partial charge is 0.337 e. The number of nitrogens with one attached hydrogen (secondary N) is 2. The molecule has 0 radical (unpaired) electrons. The Hall–Kier alpha value is -1.52. The molecule has 0 aliphatic carbocycles. The van der Waals surface area contributed by atoms with E-state index in [1.165, 1.54) is 6.20 Å². The van der Waals surface area contributed by atoms with E-state index in [4.69, 9.17) is 5.14 Å². The first kappa shape index (κ1) is 13.9. The van der Waals surface area contributed by atoms with Gasteiger partial charge in [0.2, 0.25) is 0 Å². The molecular formula is C9H16N6O3S. The van der Waals surface area contributed by atoms with Crippen LogP contribution in [0.3, 0.4) is 0 Å². The van der Waals surface area contributed by atoms with Gasteiger partial charge in [0.05, 0.1) is 6.20 Å². The average Bonchev–Trinajstić information content (AvgIpc) is 2.89. The SMILES string of the molecule is NS(=O)(=O)NCC1CCCN(C(=O)c2cn[nH]n2)C1. The van der Waals surface area contributed by atoms with E-state index in [0.717, 1.165) is 12.8 Å². The van der Waals surface area contributed by atoms with Crippen molar-refractivity contribution in [3.8, 4) is 0 Å². The molecule has 1 aliphatic heterocycles. The van der Waals surface area contributed by atoms with Gasteiger partial charge in [0.1, 0.15) is 0 Å². The van der Waals surface area contributed by atoms with Gasteiger partial charge in [0.25, 0.3) is 16.1 Å². The van der Waals surface area contributed by atoms with E-state index in [1.54, 1.807) is 4.90 Å². The molecule has 1 aromatic rings. The van der Waals surface area contributed by atoms with Gasteiger partial charge in [-0.2, -0.15) is 23.8 Å². The van der Waals surface area contributed by atoms with Crippen LogP contribution in [-0.4, -0.2) is 54.3 Å². The number of likely N-dealkylation sites (tertiary alicyclic amines) is 1.